The van der Waals surface area contributed by atoms with Crippen molar-refractivity contribution < 1.29 is 9.31 Å². The Balaban J connectivity index is 1.84. The lowest BCUT2D eigenvalue weighted by Crippen LogP contribution is -2.05. The van der Waals surface area contributed by atoms with Gasteiger partial charge < -0.3 is 15.4 Å². The van der Waals surface area contributed by atoms with E-state index in [4.69, 9.17) is 0 Å². The van der Waals surface area contributed by atoms with Crippen LogP contribution in [0, 0.1) is 15.9 Å². The van der Waals surface area contributed by atoms with Gasteiger partial charge in [-0.3, -0.25) is 0 Å². The van der Waals surface area contributed by atoms with E-state index in [2.05, 4.69) is 15.4 Å². The molecule has 0 bridgehead atoms. The summed E-state index contributed by atoms with van der Waals surface area (Å²) >= 11 is 0. The lowest BCUT2D eigenvalue weighted by molar-refractivity contribution is -0.391. The van der Waals surface area contributed by atoms with Crippen molar-refractivity contribution in [2.75, 3.05) is 5.32 Å². The monoisotopic (exact) mass is 287 g/mol. The Morgan fingerprint density at radius 3 is 2.95 bits per heavy atom. The number of hydrogen-bond donors (Lipinski definition) is 1. The first kappa shape index (κ1) is 13.0. The molecular formula is C13H10FN5O2. The molecule has 0 spiro atoms. The largest absolute Gasteiger partial charge is 0.368 e. The van der Waals surface area contributed by atoms with Crippen molar-refractivity contribution in [3.05, 3.63) is 64.1 Å². The highest BCUT2D eigenvalue weighted by Crippen LogP contribution is 2.15. The van der Waals surface area contributed by atoms with Crippen LogP contribution in [0.1, 0.15) is 5.56 Å². The summed E-state index contributed by atoms with van der Waals surface area (Å²) in [6.07, 6.45) is 1.15. The smallest absolute Gasteiger partial charge is 0.363 e. The van der Waals surface area contributed by atoms with Gasteiger partial charge in [0.1, 0.15) is 12.0 Å². The highest BCUT2D eigenvalue weighted by molar-refractivity contribution is 5.48. The first-order valence-electron chi connectivity index (χ1n) is 6.11. The zero-order valence-electron chi connectivity index (χ0n) is 10.7. The highest BCUT2D eigenvalue weighted by Gasteiger charge is 2.15. The van der Waals surface area contributed by atoms with Gasteiger partial charge in [-0.05, 0) is 28.7 Å². The Kier molecular flexibility index (Phi) is 3.19. The molecule has 2 heterocycles. The number of nitrogens with zero attached hydrogens (tertiary/aromatic N) is 4. The predicted molar refractivity (Wildman–Crippen MR) is 73.4 cm³/mol. The number of halogens is 1. The van der Waals surface area contributed by atoms with Gasteiger partial charge in [-0.15, -0.1) is 0 Å². The van der Waals surface area contributed by atoms with Gasteiger partial charge in [0.2, 0.25) is 5.65 Å². The van der Waals surface area contributed by atoms with Crippen LogP contribution in [0.4, 0.5) is 16.0 Å². The summed E-state index contributed by atoms with van der Waals surface area (Å²) in [6, 6.07) is 9.44. The van der Waals surface area contributed by atoms with Crippen molar-refractivity contribution >= 4 is 17.3 Å². The molecule has 21 heavy (non-hydrogen) atoms. The van der Waals surface area contributed by atoms with E-state index in [1.54, 1.807) is 24.3 Å². The third-order valence-corrected chi connectivity index (χ3v) is 2.89. The minimum Gasteiger partial charge on any atom is -0.363 e. The minimum absolute atomic E-state index is 0.209. The molecule has 0 radical (unpaired) electrons. The maximum Gasteiger partial charge on any atom is 0.368 e. The number of anilines is 1. The lowest BCUT2D eigenvalue weighted by atomic mass is 10.2. The second-order valence-electron chi connectivity index (χ2n) is 4.35. The Bertz CT molecular complexity index is 817. The quantitative estimate of drug-likeness (QED) is 0.588. The average Bonchev–Trinajstić information content (AvgIpc) is 2.88. The van der Waals surface area contributed by atoms with Crippen molar-refractivity contribution in [2.45, 2.75) is 6.54 Å². The van der Waals surface area contributed by atoms with E-state index in [1.165, 1.54) is 12.1 Å². The molecule has 0 saturated heterocycles. The molecule has 0 saturated carbocycles. The van der Waals surface area contributed by atoms with Crippen LogP contribution in [0.2, 0.25) is 0 Å². The third kappa shape index (κ3) is 2.64. The molecule has 0 atom stereocenters. The van der Waals surface area contributed by atoms with E-state index < -0.39 is 4.92 Å². The summed E-state index contributed by atoms with van der Waals surface area (Å²) < 4.78 is 14.2. The normalized spacial score (nSPS) is 10.7. The average molecular weight is 287 g/mol. The van der Waals surface area contributed by atoms with Crippen LogP contribution in [0.5, 0.6) is 0 Å². The predicted octanol–water partition coefficient (Wildman–Crippen LogP) is 2.39. The van der Waals surface area contributed by atoms with Gasteiger partial charge in [-0.1, -0.05) is 21.7 Å². The summed E-state index contributed by atoms with van der Waals surface area (Å²) in [5.74, 6) is -0.0878. The number of hydrogen-bond acceptors (Lipinski definition) is 5. The van der Waals surface area contributed by atoms with E-state index >= 15 is 0 Å². The standard InChI is InChI=1S/C13H10FN5O2/c14-10-3-1-2-9(6-10)7-15-11-4-5-12-16-8-13(19(20)21)18(12)17-11/h1-6,8H,7H2,(H,15,17). The Morgan fingerprint density at radius 1 is 1.33 bits per heavy atom. The van der Waals surface area contributed by atoms with Gasteiger partial charge >= 0.3 is 5.82 Å². The van der Waals surface area contributed by atoms with Crippen molar-refractivity contribution in [1.29, 1.82) is 0 Å². The number of benzene rings is 1. The van der Waals surface area contributed by atoms with E-state index in [1.807, 2.05) is 0 Å². The van der Waals surface area contributed by atoms with Crippen LogP contribution in [0.25, 0.3) is 5.65 Å². The van der Waals surface area contributed by atoms with Gasteiger partial charge in [0.15, 0.2) is 5.82 Å². The maximum absolute atomic E-state index is 13.1. The molecule has 2 aromatic heterocycles. The SMILES string of the molecule is O=[N+]([O-])c1cnc2ccc(NCc3cccc(F)c3)nn12. The second kappa shape index (κ2) is 5.16. The zero-order chi connectivity index (χ0) is 14.8. The molecule has 3 rings (SSSR count). The van der Waals surface area contributed by atoms with Gasteiger partial charge in [-0.2, -0.15) is 0 Å². The van der Waals surface area contributed by atoms with E-state index in [9.17, 15) is 14.5 Å². The zero-order valence-corrected chi connectivity index (χ0v) is 10.7. The van der Waals surface area contributed by atoms with Gasteiger partial charge in [0, 0.05) is 12.6 Å². The van der Waals surface area contributed by atoms with Crippen LogP contribution in [-0.2, 0) is 6.54 Å². The topological polar surface area (TPSA) is 85.4 Å². The Morgan fingerprint density at radius 2 is 2.19 bits per heavy atom. The number of nitrogens with one attached hydrogen (secondary N) is 1. The highest BCUT2D eigenvalue weighted by atomic mass is 19.1. The van der Waals surface area contributed by atoms with Gasteiger partial charge in [0.25, 0.3) is 0 Å². The number of rotatable bonds is 4. The van der Waals surface area contributed by atoms with E-state index in [0.29, 0.717) is 18.0 Å². The number of fused-ring (bicyclic) bond motifs is 1. The lowest BCUT2D eigenvalue weighted by Gasteiger charge is -2.04. The molecule has 0 amide bonds. The van der Waals surface area contributed by atoms with Crippen molar-refractivity contribution in [2.24, 2.45) is 0 Å². The molecule has 7 nitrogen and oxygen atoms in total. The van der Waals surface area contributed by atoms with Gasteiger partial charge in [0.05, 0.1) is 0 Å². The summed E-state index contributed by atoms with van der Waals surface area (Å²) in [5, 5.41) is 17.9. The molecule has 0 fully saturated rings. The molecule has 1 aromatic carbocycles. The Hall–Kier alpha value is -3.03. The third-order valence-electron chi connectivity index (χ3n) is 2.89. The number of aromatic nitrogens is 3. The fourth-order valence-corrected chi connectivity index (χ4v) is 1.92. The molecule has 0 unspecified atom stereocenters. The molecule has 3 aromatic rings. The molecule has 8 heteroatoms. The fourth-order valence-electron chi connectivity index (χ4n) is 1.92. The van der Waals surface area contributed by atoms with Crippen LogP contribution in [-0.4, -0.2) is 19.5 Å². The Labute approximate surface area is 118 Å². The van der Waals surface area contributed by atoms with Crippen LogP contribution >= 0.6 is 0 Å². The van der Waals surface area contributed by atoms with Gasteiger partial charge in [-0.25, -0.2) is 9.37 Å². The summed E-state index contributed by atoms with van der Waals surface area (Å²) in [5.41, 5.74) is 1.13. The number of nitro groups is 1. The van der Waals surface area contributed by atoms with Crippen molar-refractivity contribution in [1.82, 2.24) is 14.6 Å². The molecule has 1 N–H and O–H groups in total. The molecular weight excluding hydrogens is 277 g/mol. The first-order chi connectivity index (χ1) is 10.1. The molecule has 0 aliphatic carbocycles. The fraction of sp³-hybridized carbons (Fsp3) is 0.0769. The van der Waals surface area contributed by atoms with Crippen LogP contribution in [0.3, 0.4) is 0 Å². The second-order valence-corrected chi connectivity index (χ2v) is 4.35. The van der Waals surface area contributed by atoms with E-state index in [-0.39, 0.29) is 11.6 Å². The molecule has 0 aliphatic rings. The van der Waals surface area contributed by atoms with Crippen LogP contribution in [0.15, 0.2) is 42.6 Å². The first-order valence-corrected chi connectivity index (χ1v) is 6.11. The molecule has 0 aliphatic heterocycles. The summed E-state index contributed by atoms with van der Waals surface area (Å²) in [4.78, 5) is 14.2. The van der Waals surface area contributed by atoms with Crippen molar-refractivity contribution in [3.8, 4) is 0 Å². The van der Waals surface area contributed by atoms with Crippen molar-refractivity contribution in [3.63, 3.8) is 0 Å². The number of imidazole rings is 1. The minimum atomic E-state index is -0.552. The summed E-state index contributed by atoms with van der Waals surface area (Å²) in [6.45, 7) is 0.360. The summed E-state index contributed by atoms with van der Waals surface area (Å²) in [7, 11) is 0. The van der Waals surface area contributed by atoms with Crippen LogP contribution < -0.4 is 5.32 Å². The van der Waals surface area contributed by atoms with E-state index in [0.717, 1.165) is 16.3 Å². The maximum atomic E-state index is 13.1. The molecule has 106 valence electrons.